The second-order valence-electron chi connectivity index (χ2n) is 9.19. The van der Waals surface area contributed by atoms with Crippen molar-refractivity contribution in [1.29, 1.82) is 0 Å². The van der Waals surface area contributed by atoms with Gasteiger partial charge in [-0.2, -0.15) is 8.78 Å². The van der Waals surface area contributed by atoms with Crippen molar-refractivity contribution in [2.75, 3.05) is 12.8 Å². The van der Waals surface area contributed by atoms with Crippen molar-refractivity contribution in [1.82, 2.24) is 15.4 Å². The highest BCUT2D eigenvalue weighted by molar-refractivity contribution is 7.88. The van der Waals surface area contributed by atoms with E-state index in [9.17, 15) is 22.8 Å². The van der Waals surface area contributed by atoms with Crippen LogP contribution in [0.5, 0.6) is 0 Å². The molecule has 0 radical (unpaired) electrons. The molecule has 2 aromatic carbocycles. The molecule has 0 unspecified atom stereocenters. The van der Waals surface area contributed by atoms with E-state index in [1.807, 2.05) is 4.72 Å². The number of rotatable bonds is 14. The maximum absolute atomic E-state index is 15.1. The number of aryl methyl sites for hydroxylation is 1. The Balaban J connectivity index is 2.19. The van der Waals surface area contributed by atoms with Crippen molar-refractivity contribution >= 4 is 27.6 Å². The number of benzene rings is 2. The van der Waals surface area contributed by atoms with Crippen LogP contribution in [-0.4, -0.2) is 56.8 Å². The Bertz CT molecular complexity index is 1160. The van der Waals surface area contributed by atoms with Crippen LogP contribution in [0.2, 0.25) is 0 Å². The molecule has 0 aliphatic rings. The predicted molar refractivity (Wildman–Crippen MR) is 136 cm³/mol. The number of carbonyl (C=O) groups is 3. The second kappa shape index (κ2) is 13.4. The first-order valence-electron chi connectivity index (χ1n) is 11.8. The zero-order valence-corrected chi connectivity index (χ0v) is 21.9. The van der Waals surface area contributed by atoms with Crippen LogP contribution in [-0.2, 0) is 37.2 Å². The summed E-state index contributed by atoms with van der Waals surface area (Å²) in [7, 11) is -3.64. The van der Waals surface area contributed by atoms with Crippen LogP contribution in [0.1, 0.15) is 31.4 Å². The Morgan fingerprint density at radius 2 is 1.43 bits per heavy atom. The van der Waals surface area contributed by atoms with E-state index in [1.54, 1.807) is 74.5 Å². The van der Waals surface area contributed by atoms with Gasteiger partial charge in [0.15, 0.2) is 0 Å². The summed E-state index contributed by atoms with van der Waals surface area (Å²) < 4.78 is 54.6. The van der Waals surface area contributed by atoms with Gasteiger partial charge in [0.1, 0.15) is 6.04 Å². The molecule has 202 valence electrons. The predicted octanol–water partition coefficient (Wildman–Crippen LogP) is 2.24. The summed E-state index contributed by atoms with van der Waals surface area (Å²) >= 11 is 0. The normalized spacial score (nSPS) is 13.6. The van der Waals surface area contributed by atoms with Crippen LogP contribution < -0.4 is 15.4 Å². The first-order chi connectivity index (χ1) is 17.3. The fraction of sp³-hybridized carbons (Fsp3) is 0.423. The van der Waals surface area contributed by atoms with Crippen molar-refractivity contribution in [2.24, 2.45) is 5.92 Å². The minimum atomic E-state index is -3.71. The molecule has 0 spiro atoms. The molecule has 37 heavy (non-hydrogen) atoms. The van der Waals surface area contributed by atoms with Crippen molar-refractivity contribution in [3.8, 4) is 0 Å². The number of amides is 2. The first-order valence-corrected chi connectivity index (χ1v) is 13.7. The molecule has 11 heteroatoms. The van der Waals surface area contributed by atoms with Gasteiger partial charge < -0.3 is 10.6 Å². The average Bonchev–Trinajstić information content (AvgIpc) is 2.84. The van der Waals surface area contributed by atoms with Gasteiger partial charge in [-0.05, 0) is 29.9 Å². The van der Waals surface area contributed by atoms with E-state index in [0.717, 1.165) is 6.26 Å². The van der Waals surface area contributed by atoms with Crippen LogP contribution in [0.25, 0.3) is 0 Å². The largest absolute Gasteiger partial charge is 0.344 e. The van der Waals surface area contributed by atoms with Gasteiger partial charge in [0.25, 0.3) is 0 Å². The third-order valence-corrected chi connectivity index (χ3v) is 6.28. The number of hydrogen-bond donors (Lipinski definition) is 3. The molecule has 0 aliphatic heterocycles. The third-order valence-electron chi connectivity index (χ3n) is 5.61. The van der Waals surface area contributed by atoms with Gasteiger partial charge in [-0.3, -0.25) is 14.4 Å². The Hall–Kier alpha value is -3.18. The highest BCUT2D eigenvalue weighted by Gasteiger charge is 2.43. The summed E-state index contributed by atoms with van der Waals surface area (Å²) in [6, 6.07) is 14.3. The smallest absolute Gasteiger partial charge is 0.307 e. The lowest BCUT2D eigenvalue weighted by atomic mass is 9.94. The molecule has 2 aromatic rings. The van der Waals surface area contributed by atoms with Gasteiger partial charge in [0, 0.05) is 6.42 Å². The zero-order valence-electron chi connectivity index (χ0n) is 21.0. The summed E-state index contributed by atoms with van der Waals surface area (Å²) in [6.07, 6.45) is -0.0342. The van der Waals surface area contributed by atoms with E-state index in [0.29, 0.717) is 11.1 Å². The average molecular weight is 538 g/mol. The van der Waals surface area contributed by atoms with Crippen LogP contribution >= 0.6 is 0 Å². The molecular weight excluding hydrogens is 504 g/mol. The lowest BCUT2D eigenvalue weighted by Crippen LogP contribution is -2.57. The highest BCUT2D eigenvalue weighted by Crippen LogP contribution is 2.25. The Morgan fingerprint density at radius 3 is 1.95 bits per heavy atom. The van der Waals surface area contributed by atoms with E-state index in [2.05, 4.69) is 10.6 Å². The molecule has 0 aromatic heterocycles. The fourth-order valence-corrected chi connectivity index (χ4v) is 3.99. The van der Waals surface area contributed by atoms with Crippen molar-refractivity contribution < 1.29 is 31.6 Å². The molecule has 8 nitrogen and oxygen atoms in total. The van der Waals surface area contributed by atoms with Gasteiger partial charge in [-0.1, -0.05) is 74.5 Å². The number of sulfonamides is 1. The number of alkyl halides is 2. The molecule has 2 rings (SSSR count). The monoisotopic (exact) mass is 537 g/mol. The van der Waals surface area contributed by atoms with Gasteiger partial charge >= 0.3 is 5.92 Å². The minimum Gasteiger partial charge on any atom is -0.344 e. The number of carbonyl (C=O) groups excluding carboxylic acids is 3. The summed E-state index contributed by atoms with van der Waals surface area (Å²) in [4.78, 5) is 38.3. The number of halogens is 2. The van der Waals surface area contributed by atoms with E-state index in [-0.39, 0.29) is 12.8 Å². The lowest BCUT2D eigenvalue weighted by molar-refractivity contribution is -0.148. The van der Waals surface area contributed by atoms with Gasteiger partial charge in [0.2, 0.25) is 27.6 Å². The maximum Gasteiger partial charge on any atom is 0.307 e. The quantitative estimate of drug-likeness (QED) is 0.341. The van der Waals surface area contributed by atoms with E-state index in [4.69, 9.17) is 0 Å². The Kier molecular flexibility index (Phi) is 10.9. The second-order valence-corrected chi connectivity index (χ2v) is 11.0. The standard InChI is InChI=1S/C26H33F2N3O5S/c1-18(2)23(31-22(32)17-29-37(3,35)36)25(34)30-21(16-20-12-8-5-9-13-20)24(33)26(27,28)15-14-19-10-6-4-7-11-19/h4-13,18,21,23,29H,14-17H2,1-3H3,(H,30,34)(H,31,32)/t21-,23-/m0/s1. The van der Waals surface area contributed by atoms with Gasteiger partial charge in [-0.15, -0.1) is 0 Å². The van der Waals surface area contributed by atoms with Crippen molar-refractivity contribution in [3.05, 3.63) is 71.8 Å². The van der Waals surface area contributed by atoms with Crippen LogP contribution in [0.15, 0.2) is 60.7 Å². The molecule has 0 aliphatic carbocycles. The maximum atomic E-state index is 15.1. The molecule has 0 fully saturated rings. The summed E-state index contributed by atoms with van der Waals surface area (Å²) in [5, 5.41) is 4.81. The molecule has 0 bridgehead atoms. The fourth-order valence-electron chi connectivity index (χ4n) is 3.60. The Labute approximate surface area is 216 Å². The number of Topliss-reactive ketones (excluding diaryl/α,β-unsaturated/α-hetero) is 1. The van der Waals surface area contributed by atoms with E-state index >= 15 is 8.78 Å². The number of nitrogens with one attached hydrogen (secondary N) is 3. The van der Waals surface area contributed by atoms with Gasteiger partial charge in [-0.25, -0.2) is 13.1 Å². The minimum absolute atomic E-state index is 0.0242. The van der Waals surface area contributed by atoms with Crippen molar-refractivity contribution in [2.45, 2.75) is 51.1 Å². The summed E-state index contributed by atoms with van der Waals surface area (Å²) in [5.74, 6) is -7.21. The van der Waals surface area contributed by atoms with Crippen LogP contribution in [0, 0.1) is 5.92 Å². The molecular formula is C26H33F2N3O5S. The molecule has 3 N–H and O–H groups in total. The summed E-state index contributed by atoms with van der Waals surface area (Å²) in [6.45, 7) is 2.65. The first kappa shape index (κ1) is 30.0. The SMILES string of the molecule is CC(C)[C@H](NC(=O)CNS(C)(=O)=O)C(=O)N[C@@H](Cc1ccccc1)C(=O)C(F)(F)CCc1ccccc1. The highest BCUT2D eigenvalue weighted by atomic mass is 32.2. The lowest BCUT2D eigenvalue weighted by Gasteiger charge is -2.27. The summed E-state index contributed by atoms with van der Waals surface area (Å²) in [5.41, 5.74) is 1.23. The number of ketones is 1. The van der Waals surface area contributed by atoms with E-state index < -0.39 is 64.5 Å². The zero-order chi connectivity index (χ0) is 27.6. The molecule has 2 atom stereocenters. The van der Waals surface area contributed by atoms with Crippen LogP contribution in [0.4, 0.5) is 8.78 Å². The topological polar surface area (TPSA) is 121 Å². The van der Waals surface area contributed by atoms with Crippen molar-refractivity contribution in [3.63, 3.8) is 0 Å². The molecule has 0 saturated carbocycles. The van der Waals surface area contributed by atoms with Crippen LogP contribution in [0.3, 0.4) is 0 Å². The molecule has 0 heterocycles. The van der Waals surface area contributed by atoms with Gasteiger partial charge in [0.05, 0.1) is 18.8 Å². The van der Waals surface area contributed by atoms with E-state index in [1.165, 1.54) is 0 Å². The molecule has 2 amide bonds. The number of hydrogen-bond acceptors (Lipinski definition) is 5. The third kappa shape index (κ3) is 10.4. The Morgan fingerprint density at radius 1 is 0.892 bits per heavy atom. The molecule has 0 saturated heterocycles.